The summed E-state index contributed by atoms with van der Waals surface area (Å²) in [5.74, 6) is 1.26. The molecule has 0 aliphatic heterocycles. The molecule has 1 N–H and O–H groups in total. The van der Waals surface area contributed by atoms with Crippen molar-refractivity contribution in [2.75, 3.05) is 12.9 Å². The van der Waals surface area contributed by atoms with Crippen LogP contribution in [0.1, 0.15) is 20.8 Å². The Bertz CT molecular complexity index is 772. The van der Waals surface area contributed by atoms with E-state index in [0.717, 1.165) is 10.6 Å². The molecule has 7 heteroatoms. The summed E-state index contributed by atoms with van der Waals surface area (Å²) in [5.41, 5.74) is -0.646. The minimum absolute atomic E-state index is 0.310. The van der Waals surface area contributed by atoms with Crippen molar-refractivity contribution in [1.82, 2.24) is 5.32 Å². The normalized spacial score (nSPS) is 12.0. The number of esters is 1. The minimum atomic E-state index is -0.815. The first-order chi connectivity index (χ1) is 13.3. The Hall–Kier alpha value is -2.67. The maximum atomic E-state index is 12.0. The van der Waals surface area contributed by atoms with Gasteiger partial charge in [-0.2, -0.15) is 0 Å². The van der Waals surface area contributed by atoms with Crippen molar-refractivity contribution in [2.24, 2.45) is 0 Å². The number of amides is 1. The standard InChI is InChI=1S/C21H25NO5S/c1-21(2,3)27-20(24)22-18(19(23)25-4)14-28-17-12-10-16(11-13-17)26-15-8-6-5-7-9-15/h5-13,18H,14H2,1-4H3,(H,22,24)/t18-/m0/s1. The van der Waals surface area contributed by atoms with Gasteiger partial charge in [0.15, 0.2) is 0 Å². The van der Waals surface area contributed by atoms with Gasteiger partial charge in [-0.25, -0.2) is 9.59 Å². The molecular formula is C21H25NO5S. The summed E-state index contributed by atoms with van der Waals surface area (Å²) >= 11 is 1.42. The number of nitrogens with one attached hydrogen (secondary N) is 1. The van der Waals surface area contributed by atoms with Gasteiger partial charge in [0.2, 0.25) is 0 Å². The van der Waals surface area contributed by atoms with Crippen LogP contribution in [0.15, 0.2) is 59.5 Å². The number of carbonyl (C=O) groups is 2. The Labute approximate surface area is 169 Å². The summed E-state index contributed by atoms with van der Waals surface area (Å²) in [7, 11) is 1.28. The van der Waals surface area contributed by atoms with Crippen LogP contribution in [-0.2, 0) is 14.3 Å². The molecule has 0 radical (unpaired) electrons. The first-order valence-electron chi connectivity index (χ1n) is 8.80. The van der Waals surface area contributed by atoms with Gasteiger partial charge in [0.25, 0.3) is 0 Å². The lowest BCUT2D eigenvalue weighted by Gasteiger charge is -2.22. The monoisotopic (exact) mass is 403 g/mol. The van der Waals surface area contributed by atoms with Gasteiger partial charge in [0, 0.05) is 10.6 Å². The van der Waals surface area contributed by atoms with E-state index >= 15 is 0 Å². The molecule has 0 heterocycles. The third kappa shape index (κ3) is 7.52. The number of alkyl carbamates (subject to hydrolysis) is 1. The van der Waals surface area contributed by atoms with Gasteiger partial charge < -0.3 is 19.5 Å². The second-order valence-corrected chi connectivity index (χ2v) is 8.01. The highest BCUT2D eigenvalue weighted by Crippen LogP contribution is 2.25. The lowest BCUT2D eigenvalue weighted by Crippen LogP contribution is -2.45. The van der Waals surface area contributed by atoms with Crippen LogP contribution in [0.5, 0.6) is 11.5 Å². The maximum Gasteiger partial charge on any atom is 0.408 e. The highest BCUT2D eigenvalue weighted by atomic mass is 32.2. The predicted molar refractivity (Wildman–Crippen MR) is 109 cm³/mol. The molecule has 0 bridgehead atoms. The van der Waals surface area contributed by atoms with Gasteiger partial charge >= 0.3 is 12.1 Å². The highest BCUT2D eigenvalue weighted by Gasteiger charge is 2.25. The topological polar surface area (TPSA) is 73.9 Å². The summed E-state index contributed by atoms with van der Waals surface area (Å²) in [6.07, 6.45) is -0.657. The molecule has 150 valence electrons. The number of para-hydroxylation sites is 1. The smallest absolute Gasteiger partial charge is 0.408 e. The van der Waals surface area contributed by atoms with Crippen LogP contribution < -0.4 is 10.1 Å². The average molecular weight is 404 g/mol. The van der Waals surface area contributed by atoms with Crippen LogP contribution in [0.3, 0.4) is 0 Å². The van der Waals surface area contributed by atoms with Crippen molar-refractivity contribution in [3.63, 3.8) is 0 Å². The van der Waals surface area contributed by atoms with Crippen LogP contribution in [0, 0.1) is 0 Å². The molecule has 2 rings (SSSR count). The number of hydrogen-bond donors (Lipinski definition) is 1. The number of hydrogen-bond acceptors (Lipinski definition) is 6. The zero-order chi connectivity index (χ0) is 20.6. The molecule has 2 aromatic carbocycles. The molecular weight excluding hydrogens is 378 g/mol. The van der Waals surface area contributed by atoms with Crippen LogP contribution in [0.2, 0.25) is 0 Å². The SMILES string of the molecule is COC(=O)[C@H](CSc1ccc(Oc2ccccc2)cc1)NC(=O)OC(C)(C)C. The van der Waals surface area contributed by atoms with E-state index in [2.05, 4.69) is 5.32 Å². The number of carbonyl (C=O) groups excluding carboxylic acids is 2. The molecule has 0 saturated carbocycles. The minimum Gasteiger partial charge on any atom is -0.467 e. The Balaban J connectivity index is 1.92. The largest absolute Gasteiger partial charge is 0.467 e. The van der Waals surface area contributed by atoms with Gasteiger partial charge in [0.05, 0.1) is 7.11 Å². The summed E-state index contributed by atoms with van der Waals surface area (Å²) in [6.45, 7) is 5.27. The molecule has 0 aliphatic carbocycles. The van der Waals surface area contributed by atoms with Crippen molar-refractivity contribution in [3.8, 4) is 11.5 Å². The van der Waals surface area contributed by atoms with E-state index in [-0.39, 0.29) is 0 Å². The number of rotatable bonds is 7. The maximum absolute atomic E-state index is 12.0. The van der Waals surface area contributed by atoms with E-state index in [1.165, 1.54) is 18.9 Å². The van der Waals surface area contributed by atoms with Gasteiger partial charge in [0.1, 0.15) is 23.1 Å². The van der Waals surface area contributed by atoms with Crippen molar-refractivity contribution < 1.29 is 23.8 Å². The number of benzene rings is 2. The quantitative estimate of drug-likeness (QED) is 0.536. The Morgan fingerprint density at radius 1 is 1.00 bits per heavy atom. The zero-order valence-corrected chi connectivity index (χ0v) is 17.2. The lowest BCUT2D eigenvalue weighted by atomic mass is 10.2. The Kier molecular flexibility index (Phi) is 7.75. The van der Waals surface area contributed by atoms with Crippen LogP contribution in [-0.4, -0.2) is 36.6 Å². The molecule has 0 aromatic heterocycles. The fraction of sp³-hybridized carbons (Fsp3) is 0.333. The van der Waals surface area contributed by atoms with Crippen LogP contribution in [0.4, 0.5) is 4.79 Å². The van der Waals surface area contributed by atoms with E-state index in [4.69, 9.17) is 14.2 Å². The second-order valence-electron chi connectivity index (χ2n) is 6.92. The summed E-state index contributed by atoms with van der Waals surface area (Å²) < 4.78 is 15.7. The molecule has 1 atom stereocenters. The van der Waals surface area contributed by atoms with Gasteiger partial charge in [-0.15, -0.1) is 11.8 Å². The third-order valence-electron chi connectivity index (χ3n) is 3.40. The van der Waals surface area contributed by atoms with Gasteiger partial charge in [-0.3, -0.25) is 0 Å². The number of ether oxygens (including phenoxy) is 3. The first-order valence-corrected chi connectivity index (χ1v) is 9.78. The highest BCUT2D eigenvalue weighted by molar-refractivity contribution is 7.99. The van der Waals surface area contributed by atoms with E-state index < -0.39 is 23.7 Å². The second kappa shape index (κ2) is 10.0. The van der Waals surface area contributed by atoms with Crippen molar-refractivity contribution >= 4 is 23.8 Å². The molecule has 0 saturated heterocycles. The molecule has 6 nitrogen and oxygen atoms in total. The summed E-state index contributed by atoms with van der Waals surface area (Å²) in [6, 6.07) is 16.2. The van der Waals surface area contributed by atoms with Crippen molar-refractivity contribution in [2.45, 2.75) is 37.3 Å². The number of methoxy groups -OCH3 is 1. The fourth-order valence-corrected chi connectivity index (χ4v) is 3.08. The van der Waals surface area contributed by atoms with E-state index in [1.807, 2.05) is 54.6 Å². The summed E-state index contributed by atoms with van der Waals surface area (Å²) in [5, 5.41) is 2.56. The molecule has 0 aliphatic rings. The van der Waals surface area contributed by atoms with E-state index in [9.17, 15) is 9.59 Å². The summed E-state index contributed by atoms with van der Waals surface area (Å²) in [4.78, 5) is 24.8. The predicted octanol–water partition coefficient (Wildman–Crippen LogP) is 4.64. The van der Waals surface area contributed by atoms with Crippen LogP contribution in [0.25, 0.3) is 0 Å². The molecule has 28 heavy (non-hydrogen) atoms. The van der Waals surface area contributed by atoms with E-state index in [1.54, 1.807) is 20.8 Å². The van der Waals surface area contributed by atoms with Gasteiger partial charge in [-0.1, -0.05) is 18.2 Å². The molecule has 0 fully saturated rings. The number of thioether (sulfide) groups is 1. The van der Waals surface area contributed by atoms with Crippen molar-refractivity contribution in [1.29, 1.82) is 0 Å². The zero-order valence-electron chi connectivity index (χ0n) is 16.4. The molecule has 2 aromatic rings. The first kappa shape index (κ1) is 21.6. The van der Waals surface area contributed by atoms with Crippen molar-refractivity contribution in [3.05, 3.63) is 54.6 Å². The fourth-order valence-electron chi connectivity index (χ4n) is 2.17. The lowest BCUT2D eigenvalue weighted by molar-refractivity contribution is -0.142. The molecule has 0 unspecified atom stereocenters. The molecule has 0 spiro atoms. The van der Waals surface area contributed by atoms with Crippen LogP contribution >= 0.6 is 11.8 Å². The van der Waals surface area contributed by atoms with Gasteiger partial charge in [-0.05, 0) is 57.2 Å². The Morgan fingerprint density at radius 3 is 2.18 bits per heavy atom. The van der Waals surface area contributed by atoms with E-state index in [0.29, 0.717) is 11.5 Å². The third-order valence-corrected chi connectivity index (χ3v) is 4.50. The Morgan fingerprint density at radius 2 is 1.61 bits per heavy atom. The average Bonchev–Trinajstić information content (AvgIpc) is 2.65. The molecule has 1 amide bonds.